The lowest BCUT2D eigenvalue weighted by atomic mass is 9.78. The van der Waals surface area contributed by atoms with Crippen molar-refractivity contribution in [3.05, 3.63) is 0 Å². The lowest BCUT2D eigenvalue weighted by Gasteiger charge is -2.39. The monoisotopic (exact) mass is 268 g/mol. The van der Waals surface area contributed by atoms with Crippen LogP contribution >= 0.6 is 0 Å². The van der Waals surface area contributed by atoms with Crippen LogP contribution in [0, 0.1) is 11.3 Å². The van der Waals surface area contributed by atoms with Crippen molar-refractivity contribution >= 4 is 5.91 Å². The Balaban J connectivity index is 2.05. The minimum absolute atomic E-state index is 0.270. The standard InChI is InChI=1S/C15H28N2O2/c1-13-4-3-10-17(11-5-13)14(18)15(12-19-2)6-8-16-9-7-15/h13,16H,3-12H2,1-2H3. The van der Waals surface area contributed by atoms with Crippen LogP contribution in [-0.4, -0.2) is 50.7 Å². The van der Waals surface area contributed by atoms with Gasteiger partial charge in [-0.25, -0.2) is 0 Å². The number of piperidine rings is 1. The Kier molecular flexibility index (Phi) is 5.22. The van der Waals surface area contributed by atoms with E-state index in [1.54, 1.807) is 7.11 Å². The van der Waals surface area contributed by atoms with Gasteiger partial charge >= 0.3 is 0 Å². The maximum absolute atomic E-state index is 12.9. The lowest BCUT2D eigenvalue weighted by molar-refractivity contribution is -0.147. The first-order valence-corrected chi connectivity index (χ1v) is 7.67. The summed E-state index contributed by atoms with van der Waals surface area (Å²) in [4.78, 5) is 15.0. The van der Waals surface area contributed by atoms with Crippen LogP contribution in [0.2, 0.25) is 0 Å². The van der Waals surface area contributed by atoms with E-state index < -0.39 is 0 Å². The molecule has 0 aromatic rings. The number of hydrogen-bond acceptors (Lipinski definition) is 3. The van der Waals surface area contributed by atoms with Crippen LogP contribution in [0.3, 0.4) is 0 Å². The van der Waals surface area contributed by atoms with Crippen molar-refractivity contribution < 1.29 is 9.53 Å². The van der Waals surface area contributed by atoms with Crippen molar-refractivity contribution in [2.45, 2.75) is 39.0 Å². The molecule has 0 aliphatic carbocycles. The number of carbonyl (C=O) groups is 1. The molecule has 110 valence electrons. The lowest BCUT2D eigenvalue weighted by Crippen LogP contribution is -2.51. The number of likely N-dealkylation sites (tertiary alicyclic amines) is 1. The number of hydrogen-bond donors (Lipinski definition) is 1. The molecule has 2 aliphatic rings. The van der Waals surface area contributed by atoms with Crippen molar-refractivity contribution in [2.24, 2.45) is 11.3 Å². The van der Waals surface area contributed by atoms with Gasteiger partial charge in [0, 0.05) is 20.2 Å². The molecule has 19 heavy (non-hydrogen) atoms. The van der Waals surface area contributed by atoms with Crippen molar-refractivity contribution in [1.82, 2.24) is 10.2 Å². The Morgan fingerprint density at radius 2 is 2.05 bits per heavy atom. The summed E-state index contributed by atoms with van der Waals surface area (Å²) in [7, 11) is 1.71. The minimum Gasteiger partial charge on any atom is -0.384 e. The maximum atomic E-state index is 12.9. The maximum Gasteiger partial charge on any atom is 0.231 e. The predicted octanol–water partition coefficient (Wildman–Crippen LogP) is 1.65. The van der Waals surface area contributed by atoms with Crippen LogP contribution in [0.1, 0.15) is 39.0 Å². The van der Waals surface area contributed by atoms with E-state index in [1.165, 1.54) is 6.42 Å². The van der Waals surface area contributed by atoms with Crippen LogP contribution < -0.4 is 5.32 Å². The Morgan fingerprint density at radius 3 is 2.74 bits per heavy atom. The van der Waals surface area contributed by atoms with Gasteiger partial charge in [0.2, 0.25) is 5.91 Å². The molecule has 1 unspecified atom stereocenters. The van der Waals surface area contributed by atoms with E-state index in [2.05, 4.69) is 17.1 Å². The van der Waals surface area contributed by atoms with Gasteiger partial charge in [-0.15, -0.1) is 0 Å². The third kappa shape index (κ3) is 3.48. The summed E-state index contributed by atoms with van der Waals surface area (Å²) < 4.78 is 5.37. The zero-order valence-electron chi connectivity index (χ0n) is 12.4. The second kappa shape index (κ2) is 6.71. The fourth-order valence-corrected chi connectivity index (χ4v) is 3.40. The highest BCUT2D eigenvalue weighted by Crippen LogP contribution is 2.32. The first-order chi connectivity index (χ1) is 9.18. The molecule has 2 fully saturated rings. The van der Waals surface area contributed by atoms with Crippen molar-refractivity contribution in [3.8, 4) is 0 Å². The van der Waals surface area contributed by atoms with Crippen LogP contribution in [0.25, 0.3) is 0 Å². The molecule has 1 atom stereocenters. The average molecular weight is 268 g/mol. The van der Waals surface area contributed by atoms with Gasteiger partial charge in [0.15, 0.2) is 0 Å². The van der Waals surface area contributed by atoms with Gasteiger partial charge in [-0.05, 0) is 51.1 Å². The van der Waals surface area contributed by atoms with Gasteiger partial charge < -0.3 is 15.0 Å². The molecule has 1 amide bonds. The van der Waals surface area contributed by atoms with E-state index in [0.717, 1.165) is 57.8 Å². The molecule has 0 aromatic carbocycles. The summed E-state index contributed by atoms with van der Waals surface area (Å²) in [6, 6.07) is 0. The quantitative estimate of drug-likeness (QED) is 0.846. The van der Waals surface area contributed by atoms with Gasteiger partial charge in [0.05, 0.1) is 12.0 Å². The van der Waals surface area contributed by atoms with Gasteiger partial charge in [-0.2, -0.15) is 0 Å². The van der Waals surface area contributed by atoms with E-state index in [4.69, 9.17) is 4.74 Å². The molecule has 2 aliphatic heterocycles. The predicted molar refractivity (Wildman–Crippen MR) is 76.0 cm³/mol. The summed E-state index contributed by atoms with van der Waals surface area (Å²) in [6.45, 7) is 6.59. The van der Waals surface area contributed by atoms with Crippen molar-refractivity contribution in [3.63, 3.8) is 0 Å². The second-order valence-corrected chi connectivity index (χ2v) is 6.29. The molecule has 1 N–H and O–H groups in total. The summed E-state index contributed by atoms with van der Waals surface area (Å²) in [5.41, 5.74) is -0.270. The van der Waals surface area contributed by atoms with E-state index in [9.17, 15) is 4.79 Å². The van der Waals surface area contributed by atoms with E-state index in [0.29, 0.717) is 12.5 Å². The fourth-order valence-electron chi connectivity index (χ4n) is 3.40. The highest BCUT2D eigenvalue weighted by Gasteiger charge is 2.42. The van der Waals surface area contributed by atoms with Crippen molar-refractivity contribution in [2.75, 3.05) is 39.9 Å². The largest absolute Gasteiger partial charge is 0.384 e. The molecular formula is C15H28N2O2. The third-order valence-corrected chi connectivity index (χ3v) is 4.74. The molecule has 0 saturated carbocycles. The number of carbonyl (C=O) groups excluding carboxylic acids is 1. The van der Waals surface area contributed by atoms with E-state index in [1.807, 2.05) is 0 Å². The van der Waals surface area contributed by atoms with Gasteiger partial charge in [0.1, 0.15) is 0 Å². The molecule has 4 heteroatoms. The van der Waals surface area contributed by atoms with Gasteiger partial charge in [-0.1, -0.05) is 6.92 Å². The normalized spacial score (nSPS) is 27.9. The average Bonchev–Trinajstić information content (AvgIpc) is 2.64. The summed E-state index contributed by atoms with van der Waals surface area (Å²) in [5.74, 6) is 1.09. The molecule has 0 bridgehead atoms. The number of rotatable bonds is 3. The number of methoxy groups -OCH3 is 1. The highest BCUT2D eigenvalue weighted by molar-refractivity contribution is 5.83. The molecule has 0 aromatic heterocycles. The van der Waals surface area contributed by atoms with Crippen molar-refractivity contribution in [1.29, 1.82) is 0 Å². The molecule has 0 radical (unpaired) electrons. The molecule has 2 heterocycles. The molecule has 2 saturated heterocycles. The minimum atomic E-state index is -0.270. The first-order valence-electron chi connectivity index (χ1n) is 7.67. The number of ether oxygens (including phenoxy) is 1. The van der Waals surface area contributed by atoms with Crippen LogP contribution in [0.4, 0.5) is 0 Å². The van der Waals surface area contributed by atoms with E-state index >= 15 is 0 Å². The third-order valence-electron chi connectivity index (χ3n) is 4.74. The van der Waals surface area contributed by atoms with Crippen LogP contribution in [-0.2, 0) is 9.53 Å². The van der Waals surface area contributed by atoms with Gasteiger partial charge in [0.25, 0.3) is 0 Å². The second-order valence-electron chi connectivity index (χ2n) is 6.29. The number of amides is 1. The summed E-state index contributed by atoms with van der Waals surface area (Å²) >= 11 is 0. The molecule has 0 spiro atoms. The number of nitrogens with one attached hydrogen (secondary N) is 1. The summed E-state index contributed by atoms with van der Waals surface area (Å²) in [5, 5.41) is 3.35. The van der Waals surface area contributed by atoms with E-state index in [-0.39, 0.29) is 5.41 Å². The SMILES string of the molecule is COCC1(C(=O)N2CCCC(C)CC2)CCNCC1. The van der Waals surface area contributed by atoms with Crippen LogP contribution in [0.15, 0.2) is 0 Å². The zero-order chi connectivity index (χ0) is 13.7. The highest BCUT2D eigenvalue weighted by atomic mass is 16.5. The Bertz CT molecular complexity index is 295. The number of nitrogens with zero attached hydrogens (tertiary/aromatic N) is 1. The first kappa shape index (κ1) is 14.8. The Morgan fingerprint density at radius 1 is 1.32 bits per heavy atom. The topological polar surface area (TPSA) is 41.6 Å². The smallest absolute Gasteiger partial charge is 0.231 e. The fraction of sp³-hybridized carbons (Fsp3) is 0.933. The van der Waals surface area contributed by atoms with Gasteiger partial charge in [-0.3, -0.25) is 4.79 Å². The molecular weight excluding hydrogens is 240 g/mol. The Hall–Kier alpha value is -0.610. The zero-order valence-corrected chi connectivity index (χ0v) is 12.4. The molecule has 2 rings (SSSR count). The summed E-state index contributed by atoms with van der Waals surface area (Å²) in [6.07, 6.45) is 5.36. The molecule has 4 nitrogen and oxygen atoms in total. The Labute approximate surface area is 116 Å². The van der Waals surface area contributed by atoms with Crippen LogP contribution in [0.5, 0.6) is 0 Å².